The normalized spacial score (nSPS) is 11.2. The van der Waals surface area contributed by atoms with Gasteiger partial charge in [-0.15, -0.1) is 11.3 Å². The van der Waals surface area contributed by atoms with Crippen molar-refractivity contribution >= 4 is 28.4 Å². The number of imidazole rings is 1. The highest BCUT2D eigenvalue weighted by molar-refractivity contribution is 7.09. The largest absolute Gasteiger partial charge is 0.342 e. The molecule has 2 aromatic heterocycles. The summed E-state index contributed by atoms with van der Waals surface area (Å²) in [6.07, 6.45) is 1.65. The van der Waals surface area contributed by atoms with E-state index in [0.29, 0.717) is 19.0 Å². The Morgan fingerprint density at radius 3 is 2.85 bits per heavy atom. The van der Waals surface area contributed by atoms with E-state index >= 15 is 0 Å². The van der Waals surface area contributed by atoms with Crippen molar-refractivity contribution in [2.45, 2.75) is 39.2 Å². The van der Waals surface area contributed by atoms with E-state index in [9.17, 15) is 4.79 Å². The molecule has 0 spiro atoms. The van der Waals surface area contributed by atoms with Gasteiger partial charge in [-0.25, -0.2) is 14.8 Å². The first-order chi connectivity index (χ1) is 12.5. The monoisotopic (exact) mass is 371 g/mol. The molecule has 2 N–H and O–H groups in total. The van der Waals surface area contributed by atoms with Crippen molar-refractivity contribution in [3.63, 3.8) is 0 Å². The summed E-state index contributed by atoms with van der Waals surface area (Å²) in [5.74, 6) is 1.38. The lowest BCUT2D eigenvalue weighted by Crippen LogP contribution is -2.37. The number of para-hydroxylation sites is 2. The van der Waals surface area contributed by atoms with Gasteiger partial charge in [0.15, 0.2) is 0 Å². The second kappa shape index (κ2) is 8.31. The Hall–Kier alpha value is -2.41. The van der Waals surface area contributed by atoms with Crippen LogP contribution >= 0.6 is 11.3 Å². The van der Waals surface area contributed by atoms with Gasteiger partial charge in [0, 0.05) is 31.3 Å². The number of carbonyl (C=O) groups is 1. The fraction of sp³-hybridized carbons (Fsp3) is 0.421. The van der Waals surface area contributed by atoms with E-state index in [1.165, 1.54) is 0 Å². The maximum atomic E-state index is 12.2. The molecule has 0 unspecified atom stereocenters. The molecular formula is C19H25N5OS. The predicted molar refractivity (Wildman–Crippen MR) is 105 cm³/mol. The number of rotatable bonds is 7. The van der Waals surface area contributed by atoms with Crippen LogP contribution in [0.3, 0.4) is 0 Å². The second-order valence-corrected chi connectivity index (χ2v) is 7.61. The maximum Gasteiger partial charge on any atom is 0.317 e. The van der Waals surface area contributed by atoms with E-state index in [1.807, 2.05) is 29.6 Å². The van der Waals surface area contributed by atoms with E-state index in [2.05, 4.69) is 34.1 Å². The molecular weight excluding hydrogens is 346 g/mol. The number of benzene rings is 1. The molecule has 0 radical (unpaired) electrons. The molecule has 2 amide bonds. The molecule has 138 valence electrons. The van der Waals surface area contributed by atoms with Gasteiger partial charge in [0.25, 0.3) is 0 Å². The standard InChI is InChI=1S/C19H25N5OS/c1-13(2)18-21-14(12-26-18)11-24(3)19(25)20-10-6-9-17-22-15-7-4-5-8-16(15)23-17/h4-5,7-8,12-13H,6,9-11H2,1-3H3,(H,20,25)(H,22,23). The van der Waals surface area contributed by atoms with E-state index in [-0.39, 0.29) is 6.03 Å². The topological polar surface area (TPSA) is 73.9 Å². The van der Waals surface area contributed by atoms with Crippen molar-refractivity contribution < 1.29 is 4.79 Å². The minimum absolute atomic E-state index is 0.0753. The SMILES string of the molecule is CC(C)c1nc(CN(C)C(=O)NCCCc2nc3ccccc3[nH]2)cs1. The van der Waals surface area contributed by atoms with Crippen LogP contribution in [0.15, 0.2) is 29.6 Å². The van der Waals surface area contributed by atoms with Crippen LogP contribution in [0.5, 0.6) is 0 Å². The third kappa shape index (κ3) is 4.60. The summed E-state index contributed by atoms with van der Waals surface area (Å²) < 4.78 is 0. The fourth-order valence-corrected chi connectivity index (χ4v) is 3.51. The molecule has 26 heavy (non-hydrogen) atoms. The van der Waals surface area contributed by atoms with E-state index in [1.54, 1.807) is 23.3 Å². The lowest BCUT2D eigenvalue weighted by Gasteiger charge is -2.16. The Kier molecular flexibility index (Phi) is 5.88. The van der Waals surface area contributed by atoms with Crippen molar-refractivity contribution in [3.8, 4) is 0 Å². The molecule has 2 heterocycles. The molecule has 0 aliphatic heterocycles. The predicted octanol–water partition coefficient (Wildman–Crippen LogP) is 3.92. The lowest BCUT2D eigenvalue weighted by molar-refractivity contribution is 0.206. The van der Waals surface area contributed by atoms with Crippen molar-refractivity contribution in [3.05, 3.63) is 46.2 Å². The van der Waals surface area contributed by atoms with Crippen molar-refractivity contribution in [2.24, 2.45) is 0 Å². The molecule has 0 aliphatic carbocycles. The summed E-state index contributed by atoms with van der Waals surface area (Å²) in [4.78, 5) is 26.3. The van der Waals surface area contributed by atoms with Crippen LogP contribution in [0.1, 0.15) is 42.7 Å². The van der Waals surface area contributed by atoms with Gasteiger partial charge in [0.1, 0.15) is 5.82 Å². The summed E-state index contributed by atoms with van der Waals surface area (Å²) in [6, 6.07) is 7.91. The van der Waals surface area contributed by atoms with E-state index in [4.69, 9.17) is 0 Å². The number of thiazole rings is 1. The average molecular weight is 372 g/mol. The van der Waals surface area contributed by atoms with Crippen molar-refractivity contribution in [2.75, 3.05) is 13.6 Å². The summed E-state index contributed by atoms with van der Waals surface area (Å²) in [5.41, 5.74) is 2.98. The molecule has 3 aromatic rings. The molecule has 7 heteroatoms. The van der Waals surface area contributed by atoms with E-state index < -0.39 is 0 Å². The van der Waals surface area contributed by atoms with Gasteiger partial charge in [0.05, 0.1) is 28.3 Å². The van der Waals surface area contributed by atoms with Gasteiger partial charge < -0.3 is 15.2 Å². The summed E-state index contributed by atoms with van der Waals surface area (Å²) in [6.45, 7) is 5.40. The smallest absolute Gasteiger partial charge is 0.317 e. The summed E-state index contributed by atoms with van der Waals surface area (Å²) in [7, 11) is 1.79. The zero-order chi connectivity index (χ0) is 18.5. The van der Waals surface area contributed by atoms with Crippen LogP contribution in [-0.4, -0.2) is 39.5 Å². The number of carbonyl (C=O) groups excluding carboxylic acids is 1. The number of aromatic amines is 1. The first-order valence-electron chi connectivity index (χ1n) is 8.90. The van der Waals surface area contributed by atoms with Crippen LogP contribution < -0.4 is 5.32 Å². The number of urea groups is 1. The molecule has 0 aliphatic rings. The highest BCUT2D eigenvalue weighted by atomic mass is 32.1. The summed E-state index contributed by atoms with van der Waals surface area (Å²) >= 11 is 1.65. The lowest BCUT2D eigenvalue weighted by atomic mass is 10.2. The Morgan fingerprint density at radius 1 is 1.31 bits per heavy atom. The molecule has 0 saturated heterocycles. The minimum atomic E-state index is -0.0753. The number of H-pyrrole nitrogens is 1. The first-order valence-corrected chi connectivity index (χ1v) is 9.78. The highest BCUT2D eigenvalue weighted by Crippen LogP contribution is 2.19. The van der Waals surface area contributed by atoms with Crippen molar-refractivity contribution in [1.29, 1.82) is 0 Å². The van der Waals surface area contributed by atoms with Gasteiger partial charge in [-0.3, -0.25) is 0 Å². The molecule has 6 nitrogen and oxygen atoms in total. The number of aryl methyl sites for hydroxylation is 1. The van der Waals surface area contributed by atoms with Crippen LogP contribution in [0.4, 0.5) is 4.79 Å². The zero-order valence-electron chi connectivity index (χ0n) is 15.5. The molecule has 0 saturated carbocycles. The molecule has 0 atom stereocenters. The van der Waals surface area contributed by atoms with E-state index in [0.717, 1.165) is 40.4 Å². The number of fused-ring (bicyclic) bond motifs is 1. The Labute approximate surface area is 157 Å². The third-order valence-electron chi connectivity index (χ3n) is 4.11. The number of hydrogen-bond acceptors (Lipinski definition) is 4. The van der Waals surface area contributed by atoms with Crippen molar-refractivity contribution in [1.82, 2.24) is 25.2 Å². The van der Waals surface area contributed by atoms with Gasteiger partial charge >= 0.3 is 6.03 Å². The summed E-state index contributed by atoms with van der Waals surface area (Å²) in [5, 5.41) is 6.10. The van der Waals surface area contributed by atoms with Crippen LogP contribution in [-0.2, 0) is 13.0 Å². The average Bonchev–Trinajstić information content (AvgIpc) is 3.24. The van der Waals surface area contributed by atoms with Gasteiger partial charge in [-0.1, -0.05) is 26.0 Å². The third-order valence-corrected chi connectivity index (χ3v) is 5.31. The number of nitrogens with one attached hydrogen (secondary N) is 2. The number of amides is 2. The zero-order valence-corrected chi connectivity index (χ0v) is 16.3. The van der Waals surface area contributed by atoms with Crippen LogP contribution in [0.2, 0.25) is 0 Å². The fourth-order valence-electron chi connectivity index (χ4n) is 2.69. The number of aromatic nitrogens is 3. The van der Waals surface area contributed by atoms with Gasteiger partial charge in [-0.2, -0.15) is 0 Å². The molecule has 3 rings (SSSR count). The number of nitrogens with zero attached hydrogens (tertiary/aromatic N) is 3. The Balaban J connectivity index is 1.41. The molecule has 1 aromatic carbocycles. The highest BCUT2D eigenvalue weighted by Gasteiger charge is 2.12. The Bertz CT molecular complexity index is 837. The molecule has 0 bridgehead atoms. The van der Waals surface area contributed by atoms with Crippen LogP contribution in [0.25, 0.3) is 11.0 Å². The van der Waals surface area contributed by atoms with Gasteiger partial charge in [-0.05, 0) is 18.6 Å². The quantitative estimate of drug-likeness (QED) is 0.618. The van der Waals surface area contributed by atoms with Gasteiger partial charge in [0.2, 0.25) is 0 Å². The van der Waals surface area contributed by atoms with Crippen LogP contribution in [0, 0.1) is 0 Å². The minimum Gasteiger partial charge on any atom is -0.342 e. The number of hydrogen-bond donors (Lipinski definition) is 2. The first kappa shape index (κ1) is 18.4. The molecule has 0 fully saturated rings. The Morgan fingerprint density at radius 2 is 2.12 bits per heavy atom. The maximum absolute atomic E-state index is 12.2. The second-order valence-electron chi connectivity index (χ2n) is 6.72.